The highest BCUT2D eigenvalue weighted by Gasteiger charge is 2.47. The van der Waals surface area contributed by atoms with E-state index in [9.17, 15) is 28.8 Å². The molecule has 2 aromatic rings. The lowest BCUT2D eigenvalue weighted by Gasteiger charge is -2.35. The average molecular weight is 925 g/mol. The van der Waals surface area contributed by atoms with Gasteiger partial charge < -0.3 is 38.8 Å². The summed E-state index contributed by atoms with van der Waals surface area (Å²) in [6.45, 7) is 24.5. The molecule has 366 valence electrons. The van der Waals surface area contributed by atoms with Gasteiger partial charge in [-0.1, -0.05) is 66.7 Å². The number of alkyl carbamates (subject to hydrolysis) is 1. The van der Waals surface area contributed by atoms with Gasteiger partial charge in [0, 0.05) is 12.8 Å². The topological polar surface area (TPSA) is 200 Å². The van der Waals surface area contributed by atoms with Gasteiger partial charge in [-0.05, 0) is 113 Å². The van der Waals surface area contributed by atoms with Crippen molar-refractivity contribution in [1.29, 1.82) is 0 Å². The van der Waals surface area contributed by atoms with E-state index in [1.807, 2.05) is 67.6 Å². The number of allylic oxidation sites excluding steroid dienone is 1. The van der Waals surface area contributed by atoms with Gasteiger partial charge in [-0.15, -0.1) is 6.58 Å². The van der Waals surface area contributed by atoms with Gasteiger partial charge in [0.2, 0.25) is 5.91 Å². The summed E-state index contributed by atoms with van der Waals surface area (Å²) in [6, 6.07) is 19.0. The second kappa shape index (κ2) is 24.2. The number of imide groups is 1. The van der Waals surface area contributed by atoms with Gasteiger partial charge in [0.05, 0.1) is 37.4 Å². The minimum Gasteiger partial charge on any atom is -0.481 e. The Morgan fingerprint density at radius 3 is 1.56 bits per heavy atom. The first-order valence-electron chi connectivity index (χ1n) is 22.4. The van der Waals surface area contributed by atoms with E-state index in [1.165, 1.54) is 15.4 Å². The molecule has 4 unspecified atom stereocenters. The Balaban J connectivity index is 0.000000279. The van der Waals surface area contributed by atoms with Crippen LogP contribution in [0, 0.1) is 0 Å². The van der Waals surface area contributed by atoms with E-state index in [0.717, 1.165) is 12.0 Å². The van der Waals surface area contributed by atoms with Crippen LogP contribution in [0.25, 0.3) is 0 Å². The third-order valence-electron chi connectivity index (χ3n) is 10.3. The summed E-state index contributed by atoms with van der Waals surface area (Å²) in [5.41, 5.74) is -0.582. The van der Waals surface area contributed by atoms with Crippen molar-refractivity contribution >= 4 is 36.2 Å². The largest absolute Gasteiger partial charge is 0.481 e. The Hall–Kier alpha value is -5.68. The van der Waals surface area contributed by atoms with Gasteiger partial charge in [-0.2, -0.15) is 0 Å². The number of nitrogens with zero attached hydrogens (tertiary/aromatic N) is 3. The molecule has 17 heteroatoms. The average Bonchev–Trinajstić information content (AvgIpc) is 3.96. The number of carbonyl (C=O) groups excluding carboxylic acids is 5. The fraction of sp³-hybridized carbons (Fsp3) is 0.592. The molecule has 4 aliphatic rings. The molecule has 4 atom stereocenters. The highest BCUT2D eigenvalue weighted by Crippen LogP contribution is 2.33. The lowest BCUT2D eigenvalue weighted by Crippen LogP contribution is -2.50. The molecule has 66 heavy (non-hydrogen) atoms. The fourth-order valence-electron chi connectivity index (χ4n) is 7.49. The van der Waals surface area contributed by atoms with Crippen LogP contribution in [0.2, 0.25) is 0 Å². The van der Waals surface area contributed by atoms with Gasteiger partial charge in [0.15, 0.2) is 0 Å². The summed E-state index contributed by atoms with van der Waals surface area (Å²) < 4.78 is 32.2. The van der Waals surface area contributed by atoms with E-state index in [-0.39, 0.29) is 55.6 Å². The third kappa shape index (κ3) is 17.6. The van der Waals surface area contributed by atoms with Crippen LogP contribution < -0.4 is 5.32 Å². The molecule has 0 bridgehead atoms. The monoisotopic (exact) mass is 925 g/mol. The molecule has 4 fully saturated rings. The van der Waals surface area contributed by atoms with Gasteiger partial charge in [0.1, 0.15) is 35.9 Å². The number of carboxylic acid groups (broad SMARTS) is 1. The summed E-state index contributed by atoms with van der Waals surface area (Å²) in [7, 11) is 0. The molecule has 0 aromatic heterocycles. The van der Waals surface area contributed by atoms with Crippen molar-refractivity contribution in [3.05, 3.63) is 84.4 Å². The molecule has 0 radical (unpaired) electrons. The SMILES string of the molecule is C=CC.CC(C)(C)OC(=O)N1C(CCC(=O)N2C(=O)OCC2Cc2ccccc2)COC1(C)C.CC(C)(C)OC(=O)N1C(CCC(=O)O)COC1(C)C.O=C1NC(Cc2ccccc2)CO1. The maximum Gasteiger partial charge on any atom is 0.416 e. The highest BCUT2D eigenvalue weighted by molar-refractivity contribution is 5.93. The van der Waals surface area contributed by atoms with Crippen LogP contribution in [-0.2, 0) is 50.9 Å². The van der Waals surface area contributed by atoms with E-state index >= 15 is 0 Å². The van der Waals surface area contributed by atoms with Gasteiger partial charge >= 0.3 is 30.3 Å². The number of hydrogen-bond donors (Lipinski definition) is 2. The van der Waals surface area contributed by atoms with E-state index in [1.54, 1.807) is 80.2 Å². The van der Waals surface area contributed by atoms with Crippen molar-refractivity contribution in [2.24, 2.45) is 0 Å². The number of carbonyl (C=O) groups is 6. The normalized spacial score (nSPS) is 21.6. The summed E-state index contributed by atoms with van der Waals surface area (Å²) in [4.78, 5) is 75.7. The number of ether oxygens (including phenoxy) is 6. The second-order valence-corrected chi connectivity index (χ2v) is 19.2. The Labute approximate surface area is 390 Å². The van der Waals surface area contributed by atoms with Crippen LogP contribution in [-0.4, -0.2) is 129 Å². The molecule has 17 nitrogen and oxygen atoms in total. The first-order chi connectivity index (χ1) is 30.8. The molecule has 4 heterocycles. The van der Waals surface area contributed by atoms with Crippen LogP contribution >= 0.6 is 0 Å². The van der Waals surface area contributed by atoms with Crippen molar-refractivity contribution in [1.82, 2.24) is 20.0 Å². The number of amides is 5. The van der Waals surface area contributed by atoms with E-state index in [2.05, 4.69) is 11.9 Å². The number of cyclic esters (lactones) is 2. The summed E-state index contributed by atoms with van der Waals surface area (Å²) in [5, 5.41) is 11.5. The maximum atomic E-state index is 12.9. The number of nitrogens with one attached hydrogen (secondary N) is 1. The number of hydrogen-bond acceptors (Lipinski definition) is 12. The van der Waals surface area contributed by atoms with Crippen molar-refractivity contribution in [3.63, 3.8) is 0 Å². The van der Waals surface area contributed by atoms with E-state index in [0.29, 0.717) is 39.1 Å². The Kier molecular flexibility index (Phi) is 20.0. The molecule has 2 aromatic carbocycles. The van der Waals surface area contributed by atoms with Crippen LogP contribution in [0.4, 0.5) is 19.2 Å². The number of benzene rings is 2. The molecule has 2 N–H and O–H groups in total. The zero-order chi connectivity index (χ0) is 49.5. The molecule has 6 rings (SSSR count). The zero-order valence-corrected chi connectivity index (χ0v) is 40.6. The smallest absolute Gasteiger partial charge is 0.416 e. The predicted octanol–water partition coefficient (Wildman–Crippen LogP) is 8.48. The zero-order valence-electron chi connectivity index (χ0n) is 40.6. The molecule has 5 amide bonds. The Morgan fingerprint density at radius 1 is 0.712 bits per heavy atom. The lowest BCUT2D eigenvalue weighted by atomic mass is 10.0. The summed E-state index contributed by atoms with van der Waals surface area (Å²) in [6.07, 6.45) is 2.10. The summed E-state index contributed by atoms with van der Waals surface area (Å²) in [5.74, 6) is -1.19. The van der Waals surface area contributed by atoms with E-state index < -0.39 is 46.9 Å². The molecule has 0 spiro atoms. The fourth-order valence-corrected chi connectivity index (χ4v) is 7.49. The first kappa shape index (κ1) is 54.7. The maximum absolute atomic E-state index is 12.9. The second-order valence-electron chi connectivity index (χ2n) is 19.2. The number of carboxylic acids is 1. The summed E-state index contributed by atoms with van der Waals surface area (Å²) >= 11 is 0. The van der Waals surface area contributed by atoms with Gasteiger partial charge in [-0.25, -0.2) is 24.1 Å². The molecular weight excluding hydrogens is 853 g/mol. The standard InChI is InChI=1S/C23H32N2O6.C13H23NO5.C10H11NO2.C3H6/c1-22(2,3)31-21(28)25-17(15-30-23(25,4)5)11-12-19(26)24-18(14-29-20(24)27)13-16-9-7-6-8-10-16;1-12(2,3)19-11(17)14-9(6-7-10(15)16)8-18-13(14,4)5;12-10-11-9(7-13-10)6-8-4-2-1-3-5-8;1-3-2/h6-10,17-18H,11-15H2,1-5H3;9H,6-8H2,1-5H3,(H,15,16);1-5,9H,6-7H2,(H,11,12);3H,1H2,2H3. The highest BCUT2D eigenvalue weighted by atomic mass is 16.6. The molecule has 0 saturated carbocycles. The first-order valence-corrected chi connectivity index (χ1v) is 22.4. The number of rotatable bonds is 10. The molecule has 0 aliphatic carbocycles. The number of aliphatic carboxylic acids is 1. The minimum absolute atomic E-state index is 0.00338. The van der Waals surface area contributed by atoms with Crippen LogP contribution in [0.5, 0.6) is 0 Å². The van der Waals surface area contributed by atoms with Crippen molar-refractivity contribution in [2.75, 3.05) is 26.4 Å². The Morgan fingerprint density at radius 2 is 1.15 bits per heavy atom. The minimum atomic E-state index is -0.881. The quantitative estimate of drug-likeness (QED) is 0.170. The van der Waals surface area contributed by atoms with Crippen LogP contribution in [0.15, 0.2) is 73.3 Å². The lowest BCUT2D eigenvalue weighted by molar-refractivity contribution is -0.137. The van der Waals surface area contributed by atoms with E-state index in [4.69, 9.17) is 33.5 Å². The molecule has 4 aliphatic heterocycles. The van der Waals surface area contributed by atoms with Crippen molar-refractivity contribution in [3.8, 4) is 0 Å². The Bertz CT molecular complexity index is 1930. The van der Waals surface area contributed by atoms with Crippen LogP contribution in [0.1, 0.15) is 113 Å². The third-order valence-corrected chi connectivity index (χ3v) is 10.3. The van der Waals surface area contributed by atoms with Gasteiger partial charge in [0.25, 0.3) is 0 Å². The molecular formula is C49H72N4O13. The van der Waals surface area contributed by atoms with Gasteiger partial charge in [-0.3, -0.25) is 19.4 Å². The van der Waals surface area contributed by atoms with Crippen LogP contribution in [0.3, 0.4) is 0 Å². The molecule has 4 saturated heterocycles. The van der Waals surface area contributed by atoms with Crippen molar-refractivity contribution < 1.29 is 62.3 Å². The van der Waals surface area contributed by atoms with Crippen molar-refractivity contribution in [2.45, 2.75) is 162 Å². The predicted molar refractivity (Wildman–Crippen MR) is 246 cm³/mol.